The Hall–Kier alpha value is -1.57. The van der Waals surface area contributed by atoms with Crippen molar-refractivity contribution in [2.45, 2.75) is 24.9 Å². The topological polar surface area (TPSA) is 67.8 Å². The highest BCUT2D eigenvalue weighted by molar-refractivity contribution is 5.92. The second-order valence-corrected chi connectivity index (χ2v) is 7.44. The molecule has 0 aromatic carbocycles. The van der Waals surface area contributed by atoms with E-state index in [0.29, 0.717) is 37.9 Å². The van der Waals surface area contributed by atoms with E-state index in [2.05, 4.69) is 14.9 Å². The second kappa shape index (κ2) is 7.35. The van der Waals surface area contributed by atoms with Gasteiger partial charge in [-0.3, -0.25) is 9.78 Å². The summed E-state index contributed by atoms with van der Waals surface area (Å²) in [5.41, 5.74) is 0.00448. The molecular formula is C18H26N4O3. The normalized spacial score (nSPS) is 30.7. The van der Waals surface area contributed by atoms with Gasteiger partial charge < -0.3 is 19.3 Å². The first-order valence-corrected chi connectivity index (χ1v) is 9.23. The average molecular weight is 346 g/mol. The standard InChI is InChI=1S/C18H26N4O3/c23-17(16-10-19-3-4-20-16)22-7-8-24-14-18(13-22)9-15(12-25-18)11-21-5-1-2-6-21/h3-4,10,15H,1-2,5-9,11-14H2/t15-,18+/m0/s1. The number of hydrogen-bond donors (Lipinski definition) is 0. The summed E-state index contributed by atoms with van der Waals surface area (Å²) in [4.78, 5) is 25.3. The molecule has 3 aliphatic heterocycles. The summed E-state index contributed by atoms with van der Waals surface area (Å²) in [6.45, 7) is 6.50. The van der Waals surface area contributed by atoms with Crippen LogP contribution in [0.3, 0.4) is 0 Å². The van der Waals surface area contributed by atoms with Gasteiger partial charge >= 0.3 is 0 Å². The average Bonchev–Trinajstić information content (AvgIpc) is 3.23. The third-order valence-electron chi connectivity index (χ3n) is 5.42. The van der Waals surface area contributed by atoms with Gasteiger partial charge in [0.15, 0.2) is 0 Å². The van der Waals surface area contributed by atoms with Gasteiger partial charge in [0.05, 0.1) is 32.6 Å². The maximum absolute atomic E-state index is 12.8. The first kappa shape index (κ1) is 16.9. The molecular weight excluding hydrogens is 320 g/mol. The molecule has 1 spiro atoms. The van der Waals surface area contributed by atoms with Gasteiger partial charge in [-0.25, -0.2) is 4.98 Å². The van der Waals surface area contributed by atoms with Crippen LogP contribution in [0.5, 0.6) is 0 Å². The molecule has 2 atom stereocenters. The fourth-order valence-corrected chi connectivity index (χ4v) is 4.25. The summed E-state index contributed by atoms with van der Waals surface area (Å²) >= 11 is 0. The van der Waals surface area contributed by atoms with E-state index in [0.717, 1.165) is 19.6 Å². The van der Waals surface area contributed by atoms with E-state index in [1.165, 1.54) is 32.1 Å². The van der Waals surface area contributed by atoms with Gasteiger partial charge in [0, 0.05) is 25.5 Å². The van der Waals surface area contributed by atoms with Crippen LogP contribution in [-0.2, 0) is 9.47 Å². The Bertz CT molecular complexity index is 593. The summed E-state index contributed by atoms with van der Waals surface area (Å²) in [6, 6.07) is 0. The van der Waals surface area contributed by atoms with Crippen molar-refractivity contribution in [1.29, 1.82) is 0 Å². The first-order chi connectivity index (χ1) is 12.2. The van der Waals surface area contributed by atoms with Crippen LogP contribution < -0.4 is 0 Å². The minimum Gasteiger partial charge on any atom is -0.377 e. The van der Waals surface area contributed by atoms with Crippen LogP contribution in [0.2, 0.25) is 0 Å². The molecule has 0 saturated carbocycles. The molecule has 0 radical (unpaired) electrons. The Labute approximate surface area is 148 Å². The monoisotopic (exact) mass is 346 g/mol. The Kier molecular flexibility index (Phi) is 4.96. The van der Waals surface area contributed by atoms with Crippen molar-refractivity contribution in [2.24, 2.45) is 5.92 Å². The lowest BCUT2D eigenvalue weighted by molar-refractivity contribution is -0.0539. The molecule has 3 aliphatic rings. The number of rotatable bonds is 3. The van der Waals surface area contributed by atoms with E-state index in [1.807, 2.05) is 4.90 Å². The number of amides is 1. The molecule has 3 saturated heterocycles. The van der Waals surface area contributed by atoms with Crippen LogP contribution in [-0.4, -0.2) is 83.8 Å². The molecule has 4 heterocycles. The van der Waals surface area contributed by atoms with Crippen LogP contribution in [0.1, 0.15) is 29.8 Å². The predicted octanol–water partition coefficient (Wildman–Crippen LogP) is 0.820. The number of likely N-dealkylation sites (tertiary alicyclic amines) is 1. The zero-order valence-electron chi connectivity index (χ0n) is 14.6. The molecule has 0 bridgehead atoms. The number of ether oxygens (including phenoxy) is 2. The minimum absolute atomic E-state index is 0.0930. The predicted molar refractivity (Wildman–Crippen MR) is 91.2 cm³/mol. The molecule has 7 nitrogen and oxygen atoms in total. The maximum atomic E-state index is 12.8. The highest BCUT2D eigenvalue weighted by atomic mass is 16.5. The fourth-order valence-electron chi connectivity index (χ4n) is 4.25. The number of carbonyl (C=O) groups is 1. The quantitative estimate of drug-likeness (QED) is 0.807. The lowest BCUT2D eigenvalue weighted by atomic mass is 9.94. The van der Waals surface area contributed by atoms with Crippen molar-refractivity contribution in [3.05, 3.63) is 24.3 Å². The van der Waals surface area contributed by atoms with Crippen molar-refractivity contribution >= 4 is 5.91 Å². The van der Waals surface area contributed by atoms with Gasteiger partial charge in [0.2, 0.25) is 0 Å². The highest BCUT2D eigenvalue weighted by Crippen LogP contribution is 2.34. The first-order valence-electron chi connectivity index (χ1n) is 9.23. The maximum Gasteiger partial charge on any atom is 0.274 e. The Morgan fingerprint density at radius 1 is 1.28 bits per heavy atom. The van der Waals surface area contributed by atoms with E-state index in [4.69, 9.17) is 9.47 Å². The molecule has 1 aromatic rings. The van der Waals surface area contributed by atoms with Crippen molar-refractivity contribution in [3.63, 3.8) is 0 Å². The third-order valence-corrected chi connectivity index (χ3v) is 5.42. The van der Waals surface area contributed by atoms with E-state index in [1.54, 1.807) is 12.4 Å². The lowest BCUT2D eigenvalue weighted by Crippen LogP contribution is -2.46. The molecule has 0 N–H and O–H groups in total. The van der Waals surface area contributed by atoms with Crippen LogP contribution in [0.15, 0.2) is 18.6 Å². The van der Waals surface area contributed by atoms with Gasteiger partial charge in [-0.15, -0.1) is 0 Å². The van der Waals surface area contributed by atoms with E-state index in [9.17, 15) is 4.79 Å². The molecule has 1 aromatic heterocycles. The smallest absolute Gasteiger partial charge is 0.274 e. The Morgan fingerprint density at radius 3 is 2.96 bits per heavy atom. The summed E-state index contributed by atoms with van der Waals surface area (Å²) < 4.78 is 12.0. The minimum atomic E-state index is -0.376. The summed E-state index contributed by atoms with van der Waals surface area (Å²) in [6.07, 6.45) is 8.22. The zero-order valence-corrected chi connectivity index (χ0v) is 14.6. The summed E-state index contributed by atoms with van der Waals surface area (Å²) in [7, 11) is 0. The van der Waals surface area contributed by atoms with Gasteiger partial charge in [-0.2, -0.15) is 0 Å². The van der Waals surface area contributed by atoms with Gasteiger partial charge in [0.1, 0.15) is 11.3 Å². The molecule has 0 aliphatic carbocycles. The fraction of sp³-hybridized carbons (Fsp3) is 0.722. The van der Waals surface area contributed by atoms with E-state index < -0.39 is 0 Å². The van der Waals surface area contributed by atoms with Crippen LogP contribution in [0.4, 0.5) is 0 Å². The SMILES string of the molecule is O=C(c1cnccn1)N1CCOC[C@@]2(C[C@@H](CN3CCCC3)CO2)C1. The van der Waals surface area contributed by atoms with Crippen molar-refractivity contribution < 1.29 is 14.3 Å². The van der Waals surface area contributed by atoms with Gasteiger partial charge in [-0.05, 0) is 38.3 Å². The molecule has 1 amide bonds. The van der Waals surface area contributed by atoms with Gasteiger partial charge in [0.25, 0.3) is 5.91 Å². The largest absolute Gasteiger partial charge is 0.377 e. The number of nitrogens with zero attached hydrogens (tertiary/aromatic N) is 4. The molecule has 0 unspecified atom stereocenters. The Balaban J connectivity index is 1.42. The number of hydrogen-bond acceptors (Lipinski definition) is 6. The van der Waals surface area contributed by atoms with E-state index >= 15 is 0 Å². The van der Waals surface area contributed by atoms with Gasteiger partial charge in [-0.1, -0.05) is 0 Å². The molecule has 136 valence electrons. The molecule has 7 heteroatoms. The third kappa shape index (κ3) is 3.83. The van der Waals surface area contributed by atoms with Crippen molar-refractivity contribution in [2.75, 3.05) is 52.5 Å². The van der Waals surface area contributed by atoms with Crippen molar-refractivity contribution in [1.82, 2.24) is 19.8 Å². The summed E-state index contributed by atoms with van der Waals surface area (Å²) in [5.74, 6) is 0.429. The zero-order chi connectivity index (χ0) is 17.1. The molecule has 4 rings (SSSR count). The van der Waals surface area contributed by atoms with Crippen LogP contribution in [0, 0.1) is 5.92 Å². The highest BCUT2D eigenvalue weighted by Gasteiger charge is 2.44. The van der Waals surface area contributed by atoms with Crippen LogP contribution in [0.25, 0.3) is 0 Å². The molecule has 25 heavy (non-hydrogen) atoms. The molecule has 3 fully saturated rings. The van der Waals surface area contributed by atoms with Crippen molar-refractivity contribution in [3.8, 4) is 0 Å². The summed E-state index contributed by atoms with van der Waals surface area (Å²) in [5, 5.41) is 0. The van der Waals surface area contributed by atoms with E-state index in [-0.39, 0.29) is 11.5 Å². The number of carbonyl (C=O) groups excluding carboxylic acids is 1. The Morgan fingerprint density at radius 2 is 2.16 bits per heavy atom. The second-order valence-electron chi connectivity index (χ2n) is 7.44. The van der Waals surface area contributed by atoms with Crippen LogP contribution >= 0.6 is 0 Å². The number of aromatic nitrogens is 2. The lowest BCUT2D eigenvalue weighted by Gasteiger charge is -2.31.